The van der Waals surface area contributed by atoms with Gasteiger partial charge in [-0.1, -0.05) is 18.2 Å². The Morgan fingerprint density at radius 3 is 2.66 bits per heavy atom. The van der Waals surface area contributed by atoms with E-state index < -0.39 is 0 Å². The van der Waals surface area contributed by atoms with E-state index in [-0.39, 0.29) is 5.91 Å². The summed E-state index contributed by atoms with van der Waals surface area (Å²) in [5.41, 5.74) is 7.12. The van der Waals surface area contributed by atoms with Gasteiger partial charge in [0, 0.05) is 75.5 Å². The predicted molar refractivity (Wildman–Crippen MR) is 171 cm³/mol. The number of likely N-dealkylation sites (N-methyl/N-ethyl adjacent to an activating group) is 1. The van der Waals surface area contributed by atoms with Crippen LogP contribution in [0.25, 0.3) is 31.9 Å². The topological polar surface area (TPSA) is 81.8 Å². The van der Waals surface area contributed by atoms with Gasteiger partial charge in [-0.15, -0.1) is 22.7 Å². The second-order valence-corrected chi connectivity index (χ2v) is 12.9. The number of hydrogen-bond acceptors (Lipinski definition) is 9. The molecule has 1 saturated heterocycles. The van der Waals surface area contributed by atoms with Crippen LogP contribution in [0.2, 0.25) is 0 Å². The molecule has 2 aromatic heterocycles. The van der Waals surface area contributed by atoms with E-state index in [4.69, 9.17) is 9.72 Å². The van der Waals surface area contributed by atoms with Crippen molar-refractivity contribution in [3.8, 4) is 21.7 Å². The molecule has 2 aromatic carbocycles. The zero-order valence-corrected chi connectivity index (χ0v) is 25.4. The van der Waals surface area contributed by atoms with Gasteiger partial charge in [-0.25, -0.2) is 4.98 Å². The van der Waals surface area contributed by atoms with E-state index in [9.17, 15) is 4.79 Å². The number of aromatic nitrogens is 1. The second-order valence-electron chi connectivity index (χ2n) is 10.7. The minimum Gasteiger partial charge on any atom is -0.383 e. The third-order valence-electron chi connectivity index (χ3n) is 7.86. The molecular formula is C31H38N6O2S2. The Kier molecular flexibility index (Phi) is 8.95. The van der Waals surface area contributed by atoms with Crippen LogP contribution in [0, 0.1) is 0 Å². The standard InChI is InChI=1S/C31H38N6O2S2/c1-36-14-16-37(17-15-36)23-6-3-21(4-7-23)22-5-8-25-26(19-22)40-30(34-25)29-24-9-11-33-20-27(24)41-31(29)35-28(38)10-12-32-13-18-39-2/h3-8,19,32-33H,9-18,20H2,1-2H3,(H,35,38). The predicted octanol–water partition coefficient (Wildman–Crippen LogP) is 4.65. The van der Waals surface area contributed by atoms with Gasteiger partial charge in [0.05, 0.1) is 16.8 Å². The Hall–Kier alpha value is -2.86. The lowest BCUT2D eigenvalue weighted by Crippen LogP contribution is -2.44. The summed E-state index contributed by atoms with van der Waals surface area (Å²) in [6, 6.07) is 15.5. The van der Waals surface area contributed by atoms with E-state index in [0.29, 0.717) is 19.6 Å². The third-order valence-corrected chi connectivity index (χ3v) is 10.0. The summed E-state index contributed by atoms with van der Waals surface area (Å²) in [5, 5.41) is 11.8. The number of nitrogens with zero attached hydrogens (tertiary/aromatic N) is 3. The van der Waals surface area contributed by atoms with Crippen LogP contribution in [-0.4, -0.2) is 82.4 Å². The van der Waals surface area contributed by atoms with Gasteiger partial charge in [0.15, 0.2) is 0 Å². The van der Waals surface area contributed by atoms with Crippen molar-refractivity contribution in [3.05, 3.63) is 52.9 Å². The largest absolute Gasteiger partial charge is 0.383 e. The molecule has 4 heterocycles. The lowest BCUT2D eigenvalue weighted by molar-refractivity contribution is -0.116. The molecule has 4 aromatic rings. The normalized spacial score (nSPS) is 15.8. The summed E-state index contributed by atoms with van der Waals surface area (Å²) in [4.78, 5) is 24.0. The van der Waals surface area contributed by atoms with Crippen LogP contribution >= 0.6 is 22.7 Å². The quantitative estimate of drug-likeness (QED) is 0.232. The molecule has 0 spiro atoms. The molecule has 0 saturated carbocycles. The van der Waals surface area contributed by atoms with Crippen molar-refractivity contribution in [1.29, 1.82) is 0 Å². The highest BCUT2D eigenvalue weighted by Crippen LogP contribution is 2.45. The number of benzene rings is 2. The number of piperazine rings is 1. The summed E-state index contributed by atoms with van der Waals surface area (Å²) in [7, 11) is 3.87. The molecule has 216 valence electrons. The lowest BCUT2D eigenvalue weighted by atomic mass is 10.0. The van der Waals surface area contributed by atoms with Crippen molar-refractivity contribution in [3.63, 3.8) is 0 Å². The van der Waals surface area contributed by atoms with E-state index >= 15 is 0 Å². The summed E-state index contributed by atoms with van der Waals surface area (Å²) in [6.45, 7) is 8.12. The van der Waals surface area contributed by atoms with Crippen LogP contribution in [0.1, 0.15) is 16.9 Å². The maximum absolute atomic E-state index is 12.8. The van der Waals surface area contributed by atoms with E-state index in [1.807, 2.05) is 0 Å². The Labute approximate surface area is 249 Å². The van der Waals surface area contributed by atoms with Crippen molar-refractivity contribution in [2.75, 3.05) is 76.8 Å². The summed E-state index contributed by atoms with van der Waals surface area (Å²) >= 11 is 3.40. The van der Waals surface area contributed by atoms with Crippen LogP contribution in [0.15, 0.2) is 42.5 Å². The molecule has 10 heteroatoms. The van der Waals surface area contributed by atoms with Crippen LogP contribution in [0.5, 0.6) is 0 Å². The maximum Gasteiger partial charge on any atom is 0.226 e. The van der Waals surface area contributed by atoms with Crippen molar-refractivity contribution >= 4 is 49.5 Å². The van der Waals surface area contributed by atoms with E-state index in [1.54, 1.807) is 29.8 Å². The molecule has 0 unspecified atom stereocenters. The van der Waals surface area contributed by atoms with Crippen molar-refractivity contribution in [2.45, 2.75) is 19.4 Å². The fraction of sp³-hybridized carbons (Fsp3) is 0.419. The number of thiophene rings is 1. The fourth-order valence-corrected chi connectivity index (χ4v) is 7.86. The van der Waals surface area contributed by atoms with Gasteiger partial charge >= 0.3 is 0 Å². The van der Waals surface area contributed by atoms with Crippen molar-refractivity contribution < 1.29 is 9.53 Å². The Morgan fingerprint density at radius 1 is 1.05 bits per heavy atom. The third kappa shape index (κ3) is 6.48. The Balaban J connectivity index is 1.22. The fourth-order valence-electron chi connectivity index (χ4n) is 5.48. The zero-order chi connectivity index (χ0) is 28.2. The molecule has 0 atom stereocenters. The number of thiazole rings is 1. The Bertz CT molecular complexity index is 1490. The highest BCUT2D eigenvalue weighted by atomic mass is 32.1. The Morgan fingerprint density at radius 2 is 1.85 bits per heavy atom. The van der Waals surface area contributed by atoms with Gasteiger partial charge in [0.25, 0.3) is 0 Å². The van der Waals surface area contributed by atoms with Crippen LogP contribution in [0.4, 0.5) is 10.7 Å². The SMILES string of the molecule is COCCNCCC(=O)Nc1sc2c(c1-c1nc3ccc(-c4ccc(N5CCN(C)CC5)cc4)cc3s1)CCNC2. The number of methoxy groups -OCH3 is 1. The van der Waals surface area contributed by atoms with Gasteiger partial charge in [-0.3, -0.25) is 4.79 Å². The molecule has 1 amide bonds. The summed E-state index contributed by atoms with van der Waals surface area (Å²) in [6.07, 6.45) is 1.36. The molecule has 1 fully saturated rings. The number of hydrogen-bond donors (Lipinski definition) is 3. The number of carbonyl (C=O) groups is 1. The van der Waals surface area contributed by atoms with E-state index in [2.05, 4.69) is 75.3 Å². The van der Waals surface area contributed by atoms with E-state index in [1.165, 1.54) is 27.3 Å². The summed E-state index contributed by atoms with van der Waals surface area (Å²) < 4.78 is 6.23. The number of carbonyl (C=O) groups excluding carboxylic acids is 1. The van der Waals surface area contributed by atoms with E-state index in [0.717, 1.165) is 78.0 Å². The minimum atomic E-state index is 0.0196. The van der Waals surface area contributed by atoms with Crippen LogP contribution in [0.3, 0.4) is 0 Å². The molecule has 41 heavy (non-hydrogen) atoms. The molecule has 2 aliphatic heterocycles. The molecule has 0 aliphatic carbocycles. The molecule has 8 nitrogen and oxygen atoms in total. The average molecular weight is 591 g/mol. The molecular weight excluding hydrogens is 553 g/mol. The maximum atomic E-state index is 12.8. The second kappa shape index (κ2) is 13.0. The monoisotopic (exact) mass is 590 g/mol. The molecule has 3 N–H and O–H groups in total. The molecule has 2 aliphatic rings. The minimum absolute atomic E-state index is 0.0196. The highest BCUT2D eigenvalue weighted by molar-refractivity contribution is 7.23. The van der Waals surface area contributed by atoms with Gasteiger partial charge in [0.2, 0.25) is 5.91 Å². The zero-order valence-electron chi connectivity index (χ0n) is 23.8. The van der Waals surface area contributed by atoms with Crippen molar-refractivity contribution in [1.82, 2.24) is 20.5 Å². The lowest BCUT2D eigenvalue weighted by Gasteiger charge is -2.34. The number of anilines is 2. The average Bonchev–Trinajstić information content (AvgIpc) is 3.57. The first-order chi connectivity index (χ1) is 20.1. The highest BCUT2D eigenvalue weighted by Gasteiger charge is 2.25. The first-order valence-corrected chi connectivity index (χ1v) is 16.0. The van der Waals surface area contributed by atoms with Gasteiger partial charge < -0.3 is 30.5 Å². The number of rotatable bonds is 10. The summed E-state index contributed by atoms with van der Waals surface area (Å²) in [5.74, 6) is 0.0196. The molecule has 0 bridgehead atoms. The van der Waals surface area contributed by atoms with Gasteiger partial charge in [-0.05, 0) is 61.0 Å². The van der Waals surface area contributed by atoms with Gasteiger partial charge in [-0.2, -0.15) is 0 Å². The first kappa shape index (κ1) is 28.3. The number of nitrogens with one attached hydrogen (secondary N) is 3. The number of ether oxygens (including phenoxy) is 1. The van der Waals surface area contributed by atoms with Crippen LogP contribution in [-0.2, 0) is 22.5 Å². The first-order valence-electron chi connectivity index (χ1n) is 14.4. The van der Waals surface area contributed by atoms with Crippen LogP contribution < -0.4 is 20.9 Å². The number of amides is 1. The van der Waals surface area contributed by atoms with Gasteiger partial charge in [0.1, 0.15) is 10.0 Å². The smallest absolute Gasteiger partial charge is 0.226 e. The molecule has 6 rings (SSSR count). The molecule has 0 radical (unpaired) electrons. The number of fused-ring (bicyclic) bond motifs is 2. The van der Waals surface area contributed by atoms with Crippen molar-refractivity contribution in [2.24, 2.45) is 0 Å².